The standard InChI is InChI=1S/C15H19N5/c1-10-9-12(17-14-18-13(16)19-20-14)6-5-11(10)7-8-15(2,3)4/h5-6,9H,1-4H3,(H4,16,17,18,19,20). The summed E-state index contributed by atoms with van der Waals surface area (Å²) in [5.41, 5.74) is 8.52. The molecule has 5 heteroatoms. The second-order valence-corrected chi connectivity index (χ2v) is 5.70. The Morgan fingerprint density at radius 3 is 2.60 bits per heavy atom. The van der Waals surface area contributed by atoms with Gasteiger partial charge in [-0.05, 0) is 51.5 Å². The molecule has 1 aromatic heterocycles. The predicted molar refractivity (Wildman–Crippen MR) is 81.6 cm³/mol. The van der Waals surface area contributed by atoms with Gasteiger partial charge < -0.3 is 11.1 Å². The van der Waals surface area contributed by atoms with Crippen molar-refractivity contribution < 1.29 is 0 Å². The molecule has 0 radical (unpaired) electrons. The molecule has 0 bridgehead atoms. The van der Waals surface area contributed by atoms with Crippen LogP contribution in [0.15, 0.2) is 18.2 Å². The van der Waals surface area contributed by atoms with Crippen molar-refractivity contribution in [3.8, 4) is 11.8 Å². The summed E-state index contributed by atoms with van der Waals surface area (Å²) in [6, 6.07) is 5.96. The molecule has 1 heterocycles. The maximum atomic E-state index is 5.48. The van der Waals surface area contributed by atoms with Crippen LogP contribution in [0.5, 0.6) is 0 Å². The van der Waals surface area contributed by atoms with E-state index in [9.17, 15) is 0 Å². The topological polar surface area (TPSA) is 79.6 Å². The molecule has 0 spiro atoms. The maximum absolute atomic E-state index is 5.48. The molecule has 2 rings (SSSR count). The number of nitrogens with one attached hydrogen (secondary N) is 2. The highest BCUT2D eigenvalue weighted by Crippen LogP contribution is 2.18. The first-order chi connectivity index (χ1) is 9.33. The number of aromatic nitrogens is 3. The van der Waals surface area contributed by atoms with E-state index in [1.165, 1.54) is 0 Å². The third-order valence-corrected chi connectivity index (χ3v) is 2.56. The summed E-state index contributed by atoms with van der Waals surface area (Å²) in [6.07, 6.45) is 0. The monoisotopic (exact) mass is 269 g/mol. The number of aryl methyl sites for hydroxylation is 1. The molecule has 0 fully saturated rings. The molecular formula is C15H19N5. The van der Waals surface area contributed by atoms with E-state index in [0.717, 1.165) is 16.8 Å². The number of aromatic amines is 1. The van der Waals surface area contributed by atoms with Gasteiger partial charge in [-0.15, -0.1) is 5.10 Å². The summed E-state index contributed by atoms with van der Waals surface area (Å²) in [5, 5.41) is 9.60. The molecular weight excluding hydrogens is 250 g/mol. The molecule has 5 nitrogen and oxygen atoms in total. The van der Waals surface area contributed by atoms with Crippen molar-refractivity contribution >= 4 is 17.6 Å². The van der Waals surface area contributed by atoms with Gasteiger partial charge in [0.05, 0.1) is 0 Å². The van der Waals surface area contributed by atoms with Crippen LogP contribution in [0, 0.1) is 24.2 Å². The minimum Gasteiger partial charge on any atom is -0.368 e. The average Bonchev–Trinajstić information content (AvgIpc) is 2.72. The highest BCUT2D eigenvalue weighted by atomic mass is 15.3. The van der Waals surface area contributed by atoms with Crippen LogP contribution < -0.4 is 11.1 Å². The number of anilines is 3. The lowest BCUT2D eigenvalue weighted by molar-refractivity contribution is 0.571. The first-order valence-corrected chi connectivity index (χ1v) is 6.42. The van der Waals surface area contributed by atoms with E-state index < -0.39 is 0 Å². The van der Waals surface area contributed by atoms with Crippen molar-refractivity contribution in [2.75, 3.05) is 11.1 Å². The molecule has 2 aromatic rings. The summed E-state index contributed by atoms with van der Waals surface area (Å²) in [6.45, 7) is 8.32. The predicted octanol–water partition coefficient (Wildman–Crippen LogP) is 2.84. The van der Waals surface area contributed by atoms with E-state index >= 15 is 0 Å². The fourth-order valence-electron chi connectivity index (χ4n) is 1.60. The highest BCUT2D eigenvalue weighted by Gasteiger charge is 2.05. The summed E-state index contributed by atoms with van der Waals surface area (Å²) in [5.74, 6) is 7.19. The number of rotatable bonds is 2. The van der Waals surface area contributed by atoms with Crippen LogP contribution >= 0.6 is 0 Å². The molecule has 0 saturated carbocycles. The van der Waals surface area contributed by atoms with Crippen molar-refractivity contribution in [1.29, 1.82) is 0 Å². The van der Waals surface area contributed by atoms with Crippen LogP contribution in [-0.4, -0.2) is 15.2 Å². The third kappa shape index (κ3) is 3.75. The Labute approximate surface area is 119 Å². The van der Waals surface area contributed by atoms with E-state index in [1.54, 1.807) is 0 Å². The van der Waals surface area contributed by atoms with Crippen LogP contribution in [0.25, 0.3) is 0 Å². The fourth-order valence-corrected chi connectivity index (χ4v) is 1.60. The van der Waals surface area contributed by atoms with Gasteiger partial charge in [0, 0.05) is 16.7 Å². The number of nitrogens with two attached hydrogens (primary N) is 1. The Morgan fingerprint density at radius 2 is 2.05 bits per heavy atom. The first-order valence-electron chi connectivity index (χ1n) is 6.42. The Bertz CT molecular complexity index is 668. The van der Waals surface area contributed by atoms with Crippen LogP contribution in [0.4, 0.5) is 17.6 Å². The fraction of sp³-hybridized carbons (Fsp3) is 0.333. The molecule has 0 unspecified atom stereocenters. The van der Waals surface area contributed by atoms with Crippen molar-refractivity contribution in [2.45, 2.75) is 27.7 Å². The van der Waals surface area contributed by atoms with Gasteiger partial charge in [0.1, 0.15) is 0 Å². The first kappa shape index (κ1) is 13.9. The van der Waals surface area contributed by atoms with Crippen LogP contribution in [0.3, 0.4) is 0 Å². The lowest BCUT2D eigenvalue weighted by Crippen LogP contribution is -1.99. The molecule has 0 aliphatic rings. The molecule has 0 aliphatic heterocycles. The molecule has 104 valence electrons. The maximum Gasteiger partial charge on any atom is 0.248 e. The molecule has 0 aliphatic carbocycles. The van der Waals surface area contributed by atoms with Gasteiger partial charge in [0.2, 0.25) is 11.9 Å². The van der Waals surface area contributed by atoms with Gasteiger partial charge in [-0.3, -0.25) is 0 Å². The van der Waals surface area contributed by atoms with Crippen molar-refractivity contribution in [2.24, 2.45) is 5.41 Å². The van der Waals surface area contributed by atoms with Crippen molar-refractivity contribution in [1.82, 2.24) is 15.2 Å². The average molecular weight is 269 g/mol. The molecule has 0 amide bonds. The zero-order valence-corrected chi connectivity index (χ0v) is 12.2. The minimum absolute atomic E-state index is 0.000147. The van der Waals surface area contributed by atoms with E-state index in [2.05, 4.69) is 53.1 Å². The Hall–Kier alpha value is -2.48. The van der Waals surface area contributed by atoms with Crippen molar-refractivity contribution in [3.63, 3.8) is 0 Å². The second-order valence-electron chi connectivity index (χ2n) is 5.70. The van der Waals surface area contributed by atoms with E-state index in [4.69, 9.17) is 5.73 Å². The summed E-state index contributed by atoms with van der Waals surface area (Å²) in [4.78, 5) is 4.00. The normalized spacial score (nSPS) is 10.8. The Morgan fingerprint density at radius 1 is 1.30 bits per heavy atom. The van der Waals surface area contributed by atoms with Crippen LogP contribution in [0.2, 0.25) is 0 Å². The third-order valence-electron chi connectivity index (χ3n) is 2.56. The van der Waals surface area contributed by atoms with Gasteiger partial charge in [0.15, 0.2) is 0 Å². The molecule has 0 saturated heterocycles. The number of hydrogen-bond acceptors (Lipinski definition) is 4. The summed E-state index contributed by atoms with van der Waals surface area (Å²) >= 11 is 0. The largest absolute Gasteiger partial charge is 0.368 e. The Balaban J connectivity index is 2.19. The smallest absolute Gasteiger partial charge is 0.248 e. The van der Waals surface area contributed by atoms with Gasteiger partial charge in [0.25, 0.3) is 0 Å². The number of nitrogen functional groups attached to an aromatic ring is 1. The van der Waals surface area contributed by atoms with E-state index in [1.807, 2.05) is 25.1 Å². The number of hydrogen-bond donors (Lipinski definition) is 3. The van der Waals surface area contributed by atoms with E-state index in [-0.39, 0.29) is 11.4 Å². The highest BCUT2D eigenvalue weighted by molar-refractivity contribution is 5.58. The number of H-pyrrole nitrogens is 1. The van der Waals surface area contributed by atoms with Gasteiger partial charge in [-0.1, -0.05) is 11.8 Å². The Kier molecular flexibility index (Phi) is 3.66. The van der Waals surface area contributed by atoms with Gasteiger partial charge in [-0.2, -0.15) is 4.98 Å². The summed E-state index contributed by atoms with van der Waals surface area (Å²) in [7, 11) is 0. The van der Waals surface area contributed by atoms with E-state index in [0.29, 0.717) is 5.95 Å². The quantitative estimate of drug-likeness (QED) is 0.732. The summed E-state index contributed by atoms with van der Waals surface area (Å²) < 4.78 is 0. The second kappa shape index (κ2) is 5.25. The SMILES string of the molecule is Cc1cc(Nc2n[nH]c(N)n2)ccc1C#CC(C)(C)C. The lowest BCUT2D eigenvalue weighted by atomic mass is 9.97. The zero-order valence-electron chi connectivity index (χ0n) is 12.2. The number of nitrogens with zero attached hydrogens (tertiary/aromatic N) is 2. The molecule has 20 heavy (non-hydrogen) atoms. The van der Waals surface area contributed by atoms with Gasteiger partial charge >= 0.3 is 0 Å². The van der Waals surface area contributed by atoms with Crippen LogP contribution in [-0.2, 0) is 0 Å². The lowest BCUT2D eigenvalue weighted by Gasteiger charge is -2.08. The zero-order chi connectivity index (χ0) is 14.8. The number of benzene rings is 1. The molecule has 0 atom stereocenters. The minimum atomic E-state index is -0.000147. The molecule has 1 aromatic carbocycles. The van der Waals surface area contributed by atoms with Crippen LogP contribution in [0.1, 0.15) is 31.9 Å². The molecule has 4 N–H and O–H groups in total. The van der Waals surface area contributed by atoms with Crippen molar-refractivity contribution in [3.05, 3.63) is 29.3 Å². The van der Waals surface area contributed by atoms with Gasteiger partial charge in [-0.25, -0.2) is 5.10 Å².